The van der Waals surface area contributed by atoms with Crippen molar-refractivity contribution in [3.8, 4) is 11.6 Å². The number of aromatic nitrogens is 1. The zero-order valence-corrected chi connectivity index (χ0v) is 9.35. The van der Waals surface area contributed by atoms with Crippen LogP contribution in [0.15, 0.2) is 18.3 Å². The third-order valence-corrected chi connectivity index (χ3v) is 2.87. The van der Waals surface area contributed by atoms with E-state index in [0.29, 0.717) is 18.5 Å². The van der Waals surface area contributed by atoms with Gasteiger partial charge in [0, 0.05) is 12.2 Å². The van der Waals surface area contributed by atoms with E-state index in [4.69, 9.17) is 4.74 Å². The standard InChI is InChI=1S/C12H18N2O2/c15-11-5-3-8-14-12(11)16-9-6-10-4-1-2-7-13-10/h3,5,8,10,13,15H,1-2,4,6-7,9H2/t10-/m1/s1. The molecule has 1 saturated heterocycles. The Hall–Kier alpha value is -1.29. The fourth-order valence-electron chi connectivity index (χ4n) is 1.96. The fourth-order valence-corrected chi connectivity index (χ4v) is 1.96. The smallest absolute Gasteiger partial charge is 0.256 e. The highest BCUT2D eigenvalue weighted by Gasteiger charge is 2.12. The minimum absolute atomic E-state index is 0.110. The van der Waals surface area contributed by atoms with E-state index in [9.17, 15) is 5.11 Å². The molecule has 88 valence electrons. The summed E-state index contributed by atoms with van der Waals surface area (Å²) in [7, 11) is 0. The zero-order chi connectivity index (χ0) is 11.2. The molecule has 0 aromatic carbocycles. The van der Waals surface area contributed by atoms with E-state index in [0.717, 1.165) is 13.0 Å². The monoisotopic (exact) mass is 222 g/mol. The molecule has 1 aromatic heterocycles. The number of ether oxygens (including phenoxy) is 1. The molecule has 0 spiro atoms. The lowest BCUT2D eigenvalue weighted by molar-refractivity contribution is 0.250. The van der Waals surface area contributed by atoms with Gasteiger partial charge in [0.05, 0.1) is 6.61 Å². The van der Waals surface area contributed by atoms with Gasteiger partial charge in [-0.15, -0.1) is 0 Å². The van der Waals surface area contributed by atoms with Crippen LogP contribution >= 0.6 is 0 Å². The Morgan fingerprint density at radius 1 is 1.50 bits per heavy atom. The van der Waals surface area contributed by atoms with E-state index in [1.165, 1.54) is 19.3 Å². The lowest BCUT2D eigenvalue weighted by Crippen LogP contribution is -2.35. The second-order valence-corrected chi connectivity index (χ2v) is 4.11. The number of hydrogen-bond acceptors (Lipinski definition) is 4. The second-order valence-electron chi connectivity index (χ2n) is 4.11. The molecule has 1 aliphatic heterocycles. The van der Waals surface area contributed by atoms with Gasteiger partial charge >= 0.3 is 0 Å². The number of nitrogens with one attached hydrogen (secondary N) is 1. The highest BCUT2D eigenvalue weighted by atomic mass is 16.5. The number of nitrogens with zero attached hydrogens (tertiary/aromatic N) is 1. The number of rotatable bonds is 4. The van der Waals surface area contributed by atoms with Crippen molar-refractivity contribution in [2.45, 2.75) is 31.7 Å². The summed E-state index contributed by atoms with van der Waals surface area (Å²) >= 11 is 0. The van der Waals surface area contributed by atoms with Gasteiger partial charge in [-0.2, -0.15) is 0 Å². The first kappa shape index (κ1) is 11.2. The Labute approximate surface area is 95.7 Å². The molecular weight excluding hydrogens is 204 g/mol. The predicted octanol–water partition coefficient (Wildman–Crippen LogP) is 1.70. The second kappa shape index (κ2) is 5.70. The molecule has 4 heteroatoms. The lowest BCUT2D eigenvalue weighted by atomic mass is 10.0. The van der Waals surface area contributed by atoms with Crippen LogP contribution in [0.1, 0.15) is 25.7 Å². The van der Waals surface area contributed by atoms with Crippen molar-refractivity contribution in [3.05, 3.63) is 18.3 Å². The summed E-state index contributed by atoms with van der Waals surface area (Å²) < 4.78 is 5.44. The molecule has 0 radical (unpaired) electrons. The van der Waals surface area contributed by atoms with Crippen molar-refractivity contribution < 1.29 is 9.84 Å². The maximum absolute atomic E-state index is 9.44. The molecule has 0 bridgehead atoms. The van der Waals surface area contributed by atoms with Gasteiger partial charge in [-0.05, 0) is 37.9 Å². The maximum atomic E-state index is 9.44. The molecule has 1 aromatic rings. The first-order valence-corrected chi connectivity index (χ1v) is 5.86. The van der Waals surface area contributed by atoms with E-state index in [1.807, 2.05) is 0 Å². The van der Waals surface area contributed by atoms with Gasteiger partial charge in [-0.25, -0.2) is 4.98 Å². The Bertz CT molecular complexity index is 325. The molecule has 16 heavy (non-hydrogen) atoms. The van der Waals surface area contributed by atoms with Gasteiger partial charge in [0.1, 0.15) is 0 Å². The Balaban J connectivity index is 1.73. The lowest BCUT2D eigenvalue weighted by Gasteiger charge is -2.23. The minimum atomic E-state index is 0.110. The molecule has 1 atom stereocenters. The normalized spacial score (nSPS) is 20.6. The fraction of sp³-hybridized carbons (Fsp3) is 0.583. The van der Waals surface area contributed by atoms with Crippen molar-refractivity contribution >= 4 is 0 Å². The van der Waals surface area contributed by atoms with Gasteiger partial charge < -0.3 is 15.2 Å². The summed E-state index contributed by atoms with van der Waals surface area (Å²) in [5.41, 5.74) is 0. The van der Waals surface area contributed by atoms with Crippen molar-refractivity contribution in [1.29, 1.82) is 0 Å². The molecule has 2 rings (SSSR count). The summed E-state index contributed by atoms with van der Waals surface area (Å²) in [4.78, 5) is 3.97. The highest BCUT2D eigenvalue weighted by molar-refractivity contribution is 5.30. The molecule has 0 unspecified atom stereocenters. The average Bonchev–Trinajstić information content (AvgIpc) is 2.33. The van der Waals surface area contributed by atoms with E-state index < -0.39 is 0 Å². The molecular formula is C12H18N2O2. The molecule has 0 aliphatic carbocycles. The Kier molecular flexibility index (Phi) is 3.99. The van der Waals surface area contributed by atoms with E-state index >= 15 is 0 Å². The number of aromatic hydroxyl groups is 1. The zero-order valence-electron chi connectivity index (χ0n) is 9.35. The Morgan fingerprint density at radius 2 is 2.44 bits per heavy atom. The topological polar surface area (TPSA) is 54.4 Å². The number of hydrogen-bond donors (Lipinski definition) is 2. The third kappa shape index (κ3) is 3.10. The minimum Gasteiger partial charge on any atom is -0.503 e. The van der Waals surface area contributed by atoms with E-state index in [-0.39, 0.29) is 5.75 Å². The van der Waals surface area contributed by atoms with E-state index in [2.05, 4.69) is 10.3 Å². The molecule has 4 nitrogen and oxygen atoms in total. The van der Waals surface area contributed by atoms with Crippen molar-refractivity contribution in [3.63, 3.8) is 0 Å². The van der Waals surface area contributed by atoms with Crippen molar-refractivity contribution in [2.75, 3.05) is 13.2 Å². The quantitative estimate of drug-likeness (QED) is 0.814. The summed E-state index contributed by atoms with van der Waals surface area (Å²) in [6, 6.07) is 3.83. The number of pyridine rings is 1. The van der Waals surface area contributed by atoms with Crippen LogP contribution in [0.2, 0.25) is 0 Å². The van der Waals surface area contributed by atoms with Crippen LogP contribution in [0.4, 0.5) is 0 Å². The van der Waals surface area contributed by atoms with Crippen molar-refractivity contribution in [2.24, 2.45) is 0 Å². The number of piperidine rings is 1. The molecule has 0 amide bonds. The third-order valence-electron chi connectivity index (χ3n) is 2.87. The van der Waals surface area contributed by atoms with Crippen LogP contribution in [-0.2, 0) is 0 Å². The van der Waals surface area contributed by atoms with Gasteiger partial charge in [-0.1, -0.05) is 6.42 Å². The largest absolute Gasteiger partial charge is 0.503 e. The highest BCUT2D eigenvalue weighted by Crippen LogP contribution is 2.21. The van der Waals surface area contributed by atoms with Gasteiger partial charge in [0.25, 0.3) is 5.88 Å². The SMILES string of the molecule is Oc1cccnc1OCC[C@H]1CCCCN1. The van der Waals surface area contributed by atoms with Crippen LogP contribution in [0, 0.1) is 0 Å². The molecule has 2 N–H and O–H groups in total. The molecule has 2 heterocycles. The van der Waals surface area contributed by atoms with Crippen LogP contribution in [0.3, 0.4) is 0 Å². The summed E-state index contributed by atoms with van der Waals surface area (Å²) in [6.07, 6.45) is 6.38. The summed E-state index contributed by atoms with van der Waals surface area (Å²) in [5, 5.41) is 12.9. The van der Waals surface area contributed by atoms with Crippen LogP contribution in [-0.4, -0.2) is 29.3 Å². The predicted molar refractivity (Wildman–Crippen MR) is 61.7 cm³/mol. The summed E-state index contributed by atoms with van der Waals surface area (Å²) in [6.45, 7) is 1.71. The van der Waals surface area contributed by atoms with Gasteiger partial charge in [0.2, 0.25) is 0 Å². The van der Waals surface area contributed by atoms with Gasteiger partial charge in [0.15, 0.2) is 5.75 Å². The van der Waals surface area contributed by atoms with E-state index in [1.54, 1.807) is 18.3 Å². The first-order valence-electron chi connectivity index (χ1n) is 5.86. The molecule has 1 aliphatic rings. The Morgan fingerprint density at radius 3 is 3.19 bits per heavy atom. The van der Waals surface area contributed by atoms with Crippen LogP contribution < -0.4 is 10.1 Å². The first-order chi connectivity index (χ1) is 7.86. The van der Waals surface area contributed by atoms with Gasteiger partial charge in [-0.3, -0.25) is 0 Å². The average molecular weight is 222 g/mol. The van der Waals surface area contributed by atoms with Crippen LogP contribution in [0.25, 0.3) is 0 Å². The maximum Gasteiger partial charge on any atom is 0.256 e. The molecule has 1 fully saturated rings. The molecule has 0 saturated carbocycles. The summed E-state index contributed by atoms with van der Waals surface area (Å²) in [5.74, 6) is 0.442. The van der Waals surface area contributed by atoms with Crippen LogP contribution in [0.5, 0.6) is 11.6 Å². The van der Waals surface area contributed by atoms with Crippen molar-refractivity contribution in [1.82, 2.24) is 10.3 Å².